The van der Waals surface area contributed by atoms with E-state index in [1.807, 2.05) is 6.07 Å². The summed E-state index contributed by atoms with van der Waals surface area (Å²) in [7, 11) is 0. The number of hydrogen-bond acceptors (Lipinski definition) is 4. The molecule has 1 fully saturated rings. The summed E-state index contributed by atoms with van der Waals surface area (Å²) in [6, 6.07) is 9.96. The predicted molar refractivity (Wildman–Crippen MR) is 107 cm³/mol. The molecular formula is C19H17Cl2N3O4. The Balaban J connectivity index is 1.40. The summed E-state index contributed by atoms with van der Waals surface area (Å²) in [6.07, 6.45) is 0. The summed E-state index contributed by atoms with van der Waals surface area (Å²) in [5.41, 5.74) is 1.23. The van der Waals surface area contributed by atoms with E-state index < -0.39 is 0 Å². The number of carbonyl (C=O) groups excluding carboxylic acids is 2. The number of amides is 3. The molecule has 2 aliphatic rings. The number of halogens is 2. The van der Waals surface area contributed by atoms with Crippen molar-refractivity contribution in [3.8, 4) is 11.5 Å². The molecule has 2 aromatic carbocycles. The van der Waals surface area contributed by atoms with Gasteiger partial charge in [-0.1, -0.05) is 23.2 Å². The van der Waals surface area contributed by atoms with Gasteiger partial charge in [0.15, 0.2) is 11.5 Å². The molecule has 28 heavy (non-hydrogen) atoms. The lowest BCUT2D eigenvalue weighted by molar-refractivity contribution is -0.116. The number of hydrogen-bond donors (Lipinski definition) is 1. The highest BCUT2D eigenvalue weighted by atomic mass is 35.5. The zero-order valence-corrected chi connectivity index (χ0v) is 16.3. The molecule has 146 valence electrons. The number of urea groups is 1. The number of ether oxygens (including phenoxy) is 2. The van der Waals surface area contributed by atoms with E-state index >= 15 is 0 Å². The van der Waals surface area contributed by atoms with Crippen molar-refractivity contribution in [2.75, 3.05) is 43.1 Å². The number of carbonyl (C=O) groups is 2. The van der Waals surface area contributed by atoms with Gasteiger partial charge in [-0.05, 0) is 30.3 Å². The molecule has 0 spiro atoms. The van der Waals surface area contributed by atoms with Gasteiger partial charge in [0.25, 0.3) is 0 Å². The van der Waals surface area contributed by atoms with Crippen molar-refractivity contribution in [2.24, 2.45) is 0 Å². The first-order valence-corrected chi connectivity index (χ1v) is 9.48. The van der Waals surface area contributed by atoms with Crippen LogP contribution in [0.25, 0.3) is 0 Å². The normalized spacial score (nSPS) is 15.7. The average Bonchev–Trinajstić information content (AvgIpc) is 3.04. The van der Waals surface area contributed by atoms with Gasteiger partial charge < -0.3 is 19.7 Å². The molecule has 9 heteroatoms. The van der Waals surface area contributed by atoms with E-state index in [1.54, 1.807) is 35.2 Å². The zero-order valence-electron chi connectivity index (χ0n) is 14.8. The van der Waals surface area contributed by atoms with Crippen molar-refractivity contribution in [1.29, 1.82) is 0 Å². The van der Waals surface area contributed by atoms with Crippen molar-refractivity contribution in [2.45, 2.75) is 0 Å². The Morgan fingerprint density at radius 2 is 1.79 bits per heavy atom. The van der Waals surface area contributed by atoms with Gasteiger partial charge in [-0.2, -0.15) is 0 Å². The standard InChI is InChI=1S/C19H17Cl2N3O4/c20-14-3-1-12(9-15(14)21)22-18(25)11-23-5-6-24(19(23)26)13-2-4-16-17(10-13)28-8-7-27-16/h1-4,9-10H,5-8,11H2,(H,22,25). The fourth-order valence-electron chi connectivity index (χ4n) is 3.12. The highest BCUT2D eigenvalue weighted by Gasteiger charge is 2.31. The third-order valence-electron chi connectivity index (χ3n) is 4.47. The lowest BCUT2D eigenvalue weighted by Crippen LogP contribution is -2.37. The first-order valence-electron chi connectivity index (χ1n) is 8.72. The lowest BCUT2D eigenvalue weighted by Gasteiger charge is -2.22. The number of anilines is 2. The van der Waals surface area contributed by atoms with Crippen LogP contribution in [0.4, 0.5) is 16.2 Å². The monoisotopic (exact) mass is 421 g/mol. The topological polar surface area (TPSA) is 71.1 Å². The number of nitrogens with one attached hydrogen (secondary N) is 1. The van der Waals surface area contributed by atoms with Crippen LogP contribution in [-0.2, 0) is 4.79 Å². The van der Waals surface area contributed by atoms with Crippen LogP contribution in [0.2, 0.25) is 10.0 Å². The van der Waals surface area contributed by atoms with Gasteiger partial charge in [-0.3, -0.25) is 9.69 Å². The maximum atomic E-state index is 12.7. The average molecular weight is 422 g/mol. The van der Waals surface area contributed by atoms with E-state index in [2.05, 4.69) is 5.32 Å². The molecule has 3 amide bonds. The van der Waals surface area contributed by atoms with Crippen molar-refractivity contribution in [1.82, 2.24) is 4.90 Å². The molecule has 0 radical (unpaired) electrons. The molecule has 2 heterocycles. The molecule has 2 aromatic rings. The highest BCUT2D eigenvalue weighted by molar-refractivity contribution is 6.42. The van der Waals surface area contributed by atoms with E-state index in [0.717, 1.165) is 0 Å². The Kier molecular flexibility index (Phi) is 5.19. The SMILES string of the molecule is O=C(CN1CCN(c2ccc3c(c2)OCCO3)C1=O)Nc1ccc(Cl)c(Cl)c1. The van der Waals surface area contributed by atoms with Crippen molar-refractivity contribution < 1.29 is 19.1 Å². The van der Waals surface area contributed by atoms with Gasteiger partial charge in [0.1, 0.15) is 19.8 Å². The molecule has 0 atom stereocenters. The van der Waals surface area contributed by atoms with E-state index in [1.165, 1.54) is 4.90 Å². The van der Waals surface area contributed by atoms with Gasteiger partial charge in [0.2, 0.25) is 5.91 Å². The zero-order chi connectivity index (χ0) is 19.7. The largest absolute Gasteiger partial charge is 0.486 e. The minimum absolute atomic E-state index is 0.0554. The molecular weight excluding hydrogens is 405 g/mol. The number of benzene rings is 2. The third kappa shape index (κ3) is 3.81. The molecule has 0 aromatic heterocycles. The first-order chi connectivity index (χ1) is 13.5. The molecule has 4 rings (SSSR count). The Morgan fingerprint density at radius 1 is 1.00 bits per heavy atom. The Labute approximate surface area is 171 Å². The summed E-state index contributed by atoms with van der Waals surface area (Å²) in [5.74, 6) is 0.975. The maximum Gasteiger partial charge on any atom is 0.325 e. The lowest BCUT2D eigenvalue weighted by atomic mass is 10.2. The summed E-state index contributed by atoms with van der Waals surface area (Å²) in [4.78, 5) is 28.1. The first kappa shape index (κ1) is 18.7. The maximum absolute atomic E-state index is 12.7. The smallest absolute Gasteiger partial charge is 0.325 e. The van der Waals surface area contributed by atoms with Gasteiger partial charge in [0, 0.05) is 30.5 Å². The second-order valence-electron chi connectivity index (χ2n) is 6.36. The van der Waals surface area contributed by atoms with E-state index in [9.17, 15) is 9.59 Å². The molecule has 7 nitrogen and oxygen atoms in total. The van der Waals surface area contributed by atoms with Crippen LogP contribution in [-0.4, -0.2) is 49.7 Å². The van der Waals surface area contributed by atoms with Crippen LogP contribution < -0.4 is 19.7 Å². The summed E-state index contributed by atoms with van der Waals surface area (Å²) in [6.45, 7) is 1.86. The van der Waals surface area contributed by atoms with Gasteiger partial charge in [-0.25, -0.2) is 4.79 Å². The van der Waals surface area contributed by atoms with Crippen LogP contribution in [0.1, 0.15) is 0 Å². The molecule has 0 unspecified atom stereocenters. The summed E-state index contributed by atoms with van der Waals surface area (Å²) < 4.78 is 11.1. The quantitative estimate of drug-likeness (QED) is 0.817. The van der Waals surface area contributed by atoms with Crippen LogP contribution in [0.15, 0.2) is 36.4 Å². The van der Waals surface area contributed by atoms with Crippen LogP contribution in [0.5, 0.6) is 11.5 Å². The number of nitrogens with zero attached hydrogens (tertiary/aromatic N) is 2. The molecule has 0 bridgehead atoms. The van der Waals surface area contributed by atoms with Crippen LogP contribution in [0, 0.1) is 0 Å². The van der Waals surface area contributed by atoms with E-state index in [-0.39, 0.29) is 18.5 Å². The van der Waals surface area contributed by atoms with Crippen molar-refractivity contribution >= 4 is 46.5 Å². The van der Waals surface area contributed by atoms with E-state index in [0.29, 0.717) is 59.2 Å². The molecule has 1 saturated heterocycles. The second kappa shape index (κ2) is 7.77. The van der Waals surface area contributed by atoms with Crippen molar-refractivity contribution in [3.05, 3.63) is 46.4 Å². The summed E-state index contributed by atoms with van der Waals surface area (Å²) >= 11 is 11.8. The van der Waals surface area contributed by atoms with Gasteiger partial charge >= 0.3 is 6.03 Å². The summed E-state index contributed by atoms with van der Waals surface area (Å²) in [5, 5.41) is 3.48. The number of fused-ring (bicyclic) bond motifs is 1. The van der Waals surface area contributed by atoms with Crippen molar-refractivity contribution in [3.63, 3.8) is 0 Å². The number of rotatable bonds is 4. The highest BCUT2D eigenvalue weighted by Crippen LogP contribution is 2.35. The fourth-order valence-corrected chi connectivity index (χ4v) is 3.41. The van der Waals surface area contributed by atoms with Gasteiger partial charge in [-0.15, -0.1) is 0 Å². The van der Waals surface area contributed by atoms with Crippen LogP contribution >= 0.6 is 23.2 Å². The molecule has 1 N–H and O–H groups in total. The third-order valence-corrected chi connectivity index (χ3v) is 5.21. The predicted octanol–water partition coefficient (Wildman–Crippen LogP) is 3.65. The fraction of sp³-hybridized carbons (Fsp3) is 0.263. The van der Waals surface area contributed by atoms with Gasteiger partial charge in [0.05, 0.1) is 10.0 Å². The Morgan fingerprint density at radius 3 is 2.57 bits per heavy atom. The second-order valence-corrected chi connectivity index (χ2v) is 7.18. The minimum atomic E-state index is -0.309. The molecule has 0 aliphatic carbocycles. The van der Waals surface area contributed by atoms with Crippen LogP contribution in [0.3, 0.4) is 0 Å². The van der Waals surface area contributed by atoms with E-state index in [4.69, 9.17) is 32.7 Å². The molecule has 2 aliphatic heterocycles. The minimum Gasteiger partial charge on any atom is -0.486 e. The molecule has 0 saturated carbocycles. The Hall–Kier alpha value is -2.64. The Bertz CT molecular complexity index is 937.